The molecule has 1 amide bonds. The predicted octanol–water partition coefficient (Wildman–Crippen LogP) is 5.73. The third-order valence-electron chi connectivity index (χ3n) is 5.37. The summed E-state index contributed by atoms with van der Waals surface area (Å²) in [4.78, 5) is 16.9. The number of amidine groups is 2. The van der Waals surface area contributed by atoms with Gasteiger partial charge in [-0.3, -0.25) is 10.2 Å². The number of benzene rings is 3. The second kappa shape index (κ2) is 9.96. The van der Waals surface area contributed by atoms with Crippen LogP contribution >= 0.6 is 23.4 Å². The first-order valence-corrected chi connectivity index (χ1v) is 11.9. The number of rotatable bonds is 6. The number of aliphatic imine (C=N–C) groups is 1. The van der Waals surface area contributed by atoms with Crippen molar-refractivity contribution >= 4 is 51.4 Å². The minimum Gasteiger partial charge on any atom is -0.493 e. The Morgan fingerprint density at radius 2 is 1.89 bits per heavy atom. The lowest BCUT2D eigenvalue weighted by Gasteiger charge is -2.20. The molecule has 0 saturated heterocycles. The van der Waals surface area contributed by atoms with Gasteiger partial charge in [0.2, 0.25) is 5.17 Å². The van der Waals surface area contributed by atoms with Gasteiger partial charge in [0.15, 0.2) is 17.3 Å². The number of amides is 1. The molecule has 0 unspecified atom stereocenters. The number of carbonyl (C=O) groups excluding carboxylic acids is 1. The zero-order valence-electron chi connectivity index (χ0n) is 18.9. The molecule has 0 spiro atoms. The van der Waals surface area contributed by atoms with Gasteiger partial charge in [0, 0.05) is 5.56 Å². The lowest BCUT2D eigenvalue weighted by atomic mass is 10.1. The van der Waals surface area contributed by atoms with E-state index in [1.54, 1.807) is 42.5 Å². The number of halogens is 2. The van der Waals surface area contributed by atoms with Gasteiger partial charge in [-0.25, -0.2) is 4.39 Å². The van der Waals surface area contributed by atoms with Crippen molar-refractivity contribution in [2.45, 2.75) is 6.61 Å². The number of nitrogens with one attached hydrogen (secondary N) is 1. The number of ether oxygens (including phenoxy) is 2. The van der Waals surface area contributed by atoms with Gasteiger partial charge in [0.1, 0.15) is 17.5 Å². The molecule has 5 rings (SSSR count). The van der Waals surface area contributed by atoms with Gasteiger partial charge in [-0.2, -0.15) is 15.1 Å². The van der Waals surface area contributed by atoms with Gasteiger partial charge in [0.05, 0.1) is 17.7 Å². The molecule has 0 aliphatic carbocycles. The van der Waals surface area contributed by atoms with Crippen molar-refractivity contribution in [3.05, 3.63) is 99.8 Å². The van der Waals surface area contributed by atoms with Crippen molar-refractivity contribution in [2.75, 3.05) is 7.11 Å². The zero-order chi connectivity index (χ0) is 25.2. The third-order valence-corrected chi connectivity index (χ3v) is 6.64. The van der Waals surface area contributed by atoms with Crippen molar-refractivity contribution in [3.63, 3.8) is 0 Å². The maximum Gasteiger partial charge on any atom is 0.283 e. The van der Waals surface area contributed by atoms with Crippen molar-refractivity contribution in [3.8, 4) is 11.5 Å². The lowest BCUT2D eigenvalue weighted by Crippen LogP contribution is -2.35. The molecule has 36 heavy (non-hydrogen) atoms. The highest BCUT2D eigenvalue weighted by atomic mass is 35.5. The molecule has 3 aromatic rings. The number of carbonyl (C=O) groups is 1. The van der Waals surface area contributed by atoms with Crippen LogP contribution in [0.4, 0.5) is 4.39 Å². The Hall–Kier alpha value is -3.95. The van der Waals surface area contributed by atoms with E-state index < -0.39 is 5.91 Å². The number of methoxy groups -OCH3 is 1. The second-order valence-electron chi connectivity index (χ2n) is 7.73. The van der Waals surface area contributed by atoms with Gasteiger partial charge < -0.3 is 9.47 Å². The topological polar surface area (TPSA) is 87.3 Å². The fourth-order valence-electron chi connectivity index (χ4n) is 3.54. The summed E-state index contributed by atoms with van der Waals surface area (Å²) < 4.78 is 24.4. The summed E-state index contributed by atoms with van der Waals surface area (Å²) in [6.45, 7) is 0.232. The van der Waals surface area contributed by atoms with Gasteiger partial charge in [-0.15, -0.1) is 0 Å². The van der Waals surface area contributed by atoms with Crippen LogP contribution in [0.2, 0.25) is 5.02 Å². The summed E-state index contributed by atoms with van der Waals surface area (Å²) in [6.07, 6.45) is 1.56. The van der Waals surface area contributed by atoms with E-state index in [2.05, 4.69) is 10.1 Å². The van der Waals surface area contributed by atoms with Crippen LogP contribution in [-0.4, -0.2) is 34.1 Å². The Labute approximate surface area is 215 Å². The van der Waals surface area contributed by atoms with Crippen molar-refractivity contribution in [1.82, 2.24) is 5.01 Å². The Balaban J connectivity index is 1.38. The van der Waals surface area contributed by atoms with Gasteiger partial charge >= 0.3 is 0 Å². The number of hydrazone groups is 1. The third kappa shape index (κ3) is 4.75. The van der Waals surface area contributed by atoms with Crippen molar-refractivity contribution in [2.24, 2.45) is 10.1 Å². The van der Waals surface area contributed by atoms with Crippen LogP contribution in [0.3, 0.4) is 0 Å². The molecule has 7 nitrogen and oxygen atoms in total. The van der Waals surface area contributed by atoms with Crippen LogP contribution in [0.15, 0.2) is 82.4 Å². The molecule has 3 aromatic carbocycles. The smallest absolute Gasteiger partial charge is 0.283 e. The Morgan fingerprint density at radius 3 is 2.64 bits per heavy atom. The van der Waals surface area contributed by atoms with E-state index in [4.69, 9.17) is 26.5 Å². The first-order chi connectivity index (χ1) is 17.4. The molecule has 0 radical (unpaired) electrons. The van der Waals surface area contributed by atoms with Crippen LogP contribution in [0.5, 0.6) is 11.5 Å². The first kappa shape index (κ1) is 23.8. The van der Waals surface area contributed by atoms with E-state index in [0.717, 1.165) is 5.56 Å². The average Bonchev–Trinajstić information content (AvgIpc) is 3.30. The molecule has 0 aromatic heterocycles. The molecule has 0 saturated carbocycles. The summed E-state index contributed by atoms with van der Waals surface area (Å²) in [5, 5.41) is 15.8. The Kier molecular flexibility index (Phi) is 6.58. The molecule has 2 aliphatic rings. The second-order valence-corrected chi connectivity index (χ2v) is 9.09. The largest absolute Gasteiger partial charge is 0.493 e. The molecule has 0 bridgehead atoms. The highest BCUT2D eigenvalue weighted by molar-refractivity contribution is 8.27. The van der Waals surface area contributed by atoms with E-state index in [1.807, 2.05) is 18.2 Å². The number of thioether (sulfide) groups is 1. The molecule has 0 atom stereocenters. The molecular weight excluding hydrogens is 503 g/mol. The highest BCUT2D eigenvalue weighted by Crippen LogP contribution is 2.34. The molecule has 10 heteroatoms. The van der Waals surface area contributed by atoms with E-state index in [-0.39, 0.29) is 23.8 Å². The molecule has 2 aliphatic heterocycles. The SMILES string of the molecule is COc1cc(/C=C2\C(=N)N3N=C(c4ccccc4Cl)SC3=NC2=O)ccc1OCc1ccc(F)cc1. The summed E-state index contributed by atoms with van der Waals surface area (Å²) >= 11 is 7.47. The van der Waals surface area contributed by atoms with Gasteiger partial charge in [0.25, 0.3) is 5.91 Å². The van der Waals surface area contributed by atoms with Gasteiger partial charge in [-0.1, -0.05) is 48.0 Å². The molecule has 2 heterocycles. The quantitative estimate of drug-likeness (QED) is 0.419. The number of fused-ring (bicyclic) bond motifs is 1. The summed E-state index contributed by atoms with van der Waals surface area (Å²) in [5.74, 6) is -0.00752. The van der Waals surface area contributed by atoms with Crippen LogP contribution in [0.25, 0.3) is 6.08 Å². The molecule has 180 valence electrons. The minimum atomic E-state index is -0.537. The fraction of sp³-hybridized carbons (Fsp3) is 0.0769. The Bertz CT molecular complexity index is 1470. The predicted molar refractivity (Wildman–Crippen MR) is 139 cm³/mol. The van der Waals surface area contributed by atoms with Crippen LogP contribution < -0.4 is 9.47 Å². The first-order valence-electron chi connectivity index (χ1n) is 10.7. The van der Waals surface area contributed by atoms with E-state index in [1.165, 1.54) is 36.0 Å². The Morgan fingerprint density at radius 1 is 1.11 bits per heavy atom. The maximum atomic E-state index is 13.1. The minimum absolute atomic E-state index is 0.0878. The van der Waals surface area contributed by atoms with E-state index in [9.17, 15) is 9.18 Å². The van der Waals surface area contributed by atoms with E-state index >= 15 is 0 Å². The van der Waals surface area contributed by atoms with Crippen LogP contribution in [0.1, 0.15) is 16.7 Å². The number of nitrogens with zero attached hydrogens (tertiary/aromatic N) is 3. The summed E-state index contributed by atoms with van der Waals surface area (Å²) in [7, 11) is 1.51. The van der Waals surface area contributed by atoms with Crippen LogP contribution in [-0.2, 0) is 11.4 Å². The van der Waals surface area contributed by atoms with Crippen molar-refractivity contribution in [1.29, 1.82) is 5.41 Å². The molecule has 1 N–H and O–H groups in total. The maximum absolute atomic E-state index is 13.1. The molecular formula is C26H18ClFN4O3S. The normalized spacial score (nSPS) is 16.1. The average molecular weight is 521 g/mol. The number of hydrogen-bond donors (Lipinski definition) is 1. The highest BCUT2D eigenvalue weighted by Gasteiger charge is 2.36. The monoisotopic (exact) mass is 520 g/mol. The standard InChI is InChI=1S/C26H18ClFN4O3S/c1-34-22-13-16(8-11-21(22)35-14-15-6-9-17(28)10-7-15)12-19-23(29)32-26(30-24(19)33)36-25(31-32)18-4-2-3-5-20(18)27/h2-13,29H,14H2,1H3/b19-12+,29-23?. The zero-order valence-corrected chi connectivity index (χ0v) is 20.4. The molecule has 0 fully saturated rings. The van der Waals surface area contributed by atoms with Crippen LogP contribution in [0, 0.1) is 11.2 Å². The fourth-order valence-corrected chi connectivity index (χ4v) is 4.75. The summed E-state index contributed by atoms with van der Waals surface area (Å²) in [6, 6.07) is 18.4. The summed E-state index contributed by atoms with van der Waals surface area (Å²) in [5.41, 5.74) is 2.22. The van der Waals surface area contributed by atoms with Crippen molar-refractivity contribution < 1.29 is 18.7 Å². The van der Waals surface area contributed by atoms with Gasteiger partial charge in [-0.05, 0) is 59.3 Å². The van der Waals surface area contributed by atoms with E-state index in [0.29, 0.717) is 37.9 Å². The lowest BCUT2D eigenvalue weighted by molar-refractivity contribution is -0.114. The number of hydrogen-bond acceptors (Lipinski definition) is 6.